The predicted octanol–water partition coefficient (Wildman–Crippen LogP) is 4.08. The first-order valence-electron chi connectivity index (χ1n) is 8.88. The highest BCUT2D eigenvalue weighted by Gasteiger charge is 2.16. The van der Waals surface area contributed by atoms with Crippen LogP contribution < -0.4 is 19.5 Å². The molecular weight excluding hydrogens is 356 g/mol. The summed E-state index contributed by atoms with van der Waals surface area (Å²) < 4.78 is 16.9. The molecule has 0 radical (unpaired) electrons. The maximum atomic E-state index is 12.4. The Morgan fingerprint density at radius 1 is 1.04 bits per heavy atom. The topological polar surface area (TPSA) is 69.7 Å². The molecule has 1 heterocycles. The number of carbonyl (C=O) groups is 1. The van der Waals surface area contributed by atoms with Crippen molar-refractivity contribution in [1.29, 1.82) is 0 Å². The van der Waals surface area contributed by atoms with Crippen molar-refractivity contribution in [2.45, 2.75) is 19.6 Å². The number of benzene rings is 2. The van der Waals surface area contributed by atoms with E-state index in [2.05, 4.69) is 10.3 Å². The predicted molar refractivity (Wildman–Crippen MR) is 107 cm³/mol. The molecule has 0 fully saturated rings. The van der Waals surface area contributed by atoms with Gasteiger partial charge < -0.3 is 19.5 Å². The van der Waals surface area contributed by atoms with Crippen LogP contribution in [0.2, 0.25) is 0 Å². The first kappa shape index (κ1) is 19.2. The summed E-state index contributed by atoms with van der Waals surface area (Å²) in [5.74, 6) is 1.50. The van der Waals surface area contributed by atoms with Crippen molar-refractivity contribution >= 4 is 11.6 Å². The first-order valence-corrected chi connectivity index (χ1v) is 8.88. The number of rotatable bonds is 8. The second-order valence-electron chi connectivity index (χ2n) is 6.07. The van der Waals surface area contributed by atoms with Crippen LogP contribution in [0.25, 0.3) is 0 Å². The Hall–Kier alpha value is -3.54. The molecule has 1 amide bonds. The van der Waals surface area contributed by atoms with E-state index in [9.17, 15) is 4.79 Å². The van der Waals surface area contributed by atoms with Crippen LogP contribution in [-0.4, -0.2) is 24.1 Å². The van der Waals surface area contributed by atoms with Crippen molar-refractivity contribution in [3.05, 3.63) is 78.6 Å². The summed E-state index contributed by atoms with van der Waals surface area (Å²) in [7, 11) is 1.57. The van der Waals surface area contributed by atoms with Gasteiger partial charge in [0.1, 0.15) is 12.4 Å². The molecule has 2 aromatic carbocycles. The van der Waals surface area contributed by atoms with Gasteiger partial charge in [-0.15, -0.1) is 0 Å². The Balaban J connectivity index is 1.65. The SMILES string of the molecule is COc1ccc(NC(=O)C(C)Oc2ccccc2)cc1OCc1ccncc1. The number of nitrogens with zero attached hydrogens (tertiary/aromatic N) is 1. The molecule has 3 rings (SSSR count). The van der Waals surface area contributed by atoms with Gasteiger partial charge in [-0.25, -0.2) is 0 Å². The van der Waals surface area contributed by atoms with Crippen LogP contribution in [0.15, 0.2) is 73.1 Å². The van der Waals surface area contributed by atoms with Crippen molar-refractivity contribution in [3.8, 4) is 17.2 Å². The van der Waals surface area contributed by atoms with Gasteiger partial charge in [0.2, 0.25) is 0 Å². The fourth-order valence-corrected chi connectivity index (χ4v) is 2.51. The molecule has 0 spiro atoms. The lowest BCUT2D eigenvalue weighted by atomic mass is 10.2. The Morgan fingerprint density at radius 3 is 2.50 bits per heavy atom. The van der Waals surface area contributed by atoms with E-state index >= 15 is 0 Å². The largest absolute Gasteiger partial charge is 0.493 e. The van der Waals surface area contributed by atoms with E-state index in [0.717, 1.165) is 5.56 Å². The van der Waals surface area contributed by atoms with E-state index in [0.29, 0.717) is 29.5 Å². The number of hydrogen-bond acceptors (Lipinski definition) is 5. The van der Waals surface area contributed by atoms with Crippen molar-refractivity contribution in [3.63, 3.8) is 0 Å². The Morgan fingerprint density at radius 2 is 1.79 bits per heavy atom. The molecule has 6 nitrogen and oxygen atoms in total. The van der Waals surface area contributed by atoms with Gasteiger partial charge in [-0.1, -0.05) is 18.2 Å². The number of para-hydroxylation sites is 1. The average Bonchev–Trinajstić information content (AvgIpc) is 2.74. The molecule has 0 aliphatic rings. The standard InChI is InChI=1S/C22H22N2O4/c1-16(28-19-6-4-3-5-7-19)22(25)24-18-8-9-20(26-2)21(14-18)27-15-17-10-12-23-13-11-17/h3-14,16H,15H2,1-2H3,(H,24,25). The van der Waals surface area contributed by atoms with Gasteiger partial charge in [-0.05, 0) is 48.9 Å². The summed E-state index contributed by atoms with van der Waals surface area (Å²) in [6.45, 7) is 2.07. The molecule has 1 aromatic heterocycles. The molecule has 0 aliphatic heterocycles. The number of nitrogens with one attached hydrogen (secondary N) is 1. The monoisotopic (exact) mass is 378 g/mol. The number of methoxy groups -OCH3 is 1. The van der Waals surface area contributed by atoms with Gasteiger partial charge in [0, 0.05) is 24.1 Å². The smallest absolute Gasteiger partial charge is 0.265 e. The first-order chi connectivity index (χ1) is 13.7. The highest BCUT2D eigenvalue weighted by molar-refractivity contribution is 5.94. The summed E-state index contributed by atoms with van der Waals surface area (Å²) in [6.07, 6.45) is 2.77. The van der Waals surface area contributed by atoms with Crippen LogP contribution >= 0.6 is 0 Å². The minimum absolute atomic E-state index is 0.255. The lowest BCUT2D eigenvalue weighted by molar-refractivity contribution is -0.122. The summed E-state index contributed by atoms with van der Waals surface area (Å²) in [6, 6.07) is 18.2. The fourth-order valence-electron chi connectivity index (χ4n) is 2.51. The molecule has 144 valence electrons. The number of carbonyl (C=O) groups excluding carboxylic acids is 1. The zero-order valence-electron chi connectivity index (χ0n) is 15.8. The van der Waals surface area contributed by atoms with Gasteiger partial charge in [-0.3, -0.25) is 9.78 Å². The van der Waals surface area contributed by atoms with Crippen molar-refractivity contribution in [1.82, 2.24) is 4.98 Å². The van der Waals surface area contributed by atoms with Gasteiger partial charge in [-0.2, -0.15) is 0 Å². The van der Waals surface area contributed by atoms with Crippen molar-refractivity contribution in [2.24, 2.45) is 0 Å². The molecule has 0 saturated heterocycles. The van der Waals surface area contributed by atoms with E-state index in [1.54, 1.807) is 44.6 Å². The normalized spacial score (nSPS) is 11.4. The van der Waals surface area contributed by atoms with E-state index in [1.807, 2.05) is 42.5 Å². The molecule has 0 aliphatic carbocycles. The van der Waals surface area contributed by atoms with Crippen LogP contribution in [-0.2, 0) is 11.4 Å². The van der Waals surface area contributed by atoms with E-state index in [-0.39, 0.29) is 5.91 Å². The molecule has 1 atom stereocenters. The Bertz CT molecular complexity index is 901. The quantitative estimate of drug-likeness (QED) is 0.640. The highest BCUT2D eigenvalue weighted by Crippen LogP contribution is 2.31. The lowest BCUT2D eigenvalue weighted by Gasteiger charge is -2.16. The number of ether oxygens (including phenoxy) is 3. The third-order valence-electron chi connectivity index (χ3n) is 4.00. The van der Waals surface area contributed by atoms with Crippen LogP contribution in [0.1, 0.15) is 12.5 Å². The minimum Gasteiger partial charge on any atom is -0.493 e. The van der Waals surface area contributed by atoms with E-state index < -0.39 is 6.10 Å². The summed E-state index contributed by atoms with van der Waals surface area (Å²) in [4.78, 5) is 16.4. The average molecular weight is 378 g/mol. The number of hydrogen-bond donors (Lipinski definition) is 1. The van der Waals surface area contributed by atoms with Gasteiger partial charge >= 0.3 is 0 Å². The zero-order valence-corrected chi connectivity index (χ0v) is 15.8. The van der Waals surface area contributed by atoms with Crippen molar-refractivity contribution in [2.75, 3.05) is 12.4 Å². The number of anilines is 1. The molecule has 1 N–H and O–H groups in total. The summed E-state index contributed by atoms with van der Waals surface area (Å²) >= 11 is 0. The molecule has 0 bridgehead atoms. The molecule has 0 saturated carbocycles. The van der Waals surface area contributed by atoms with Crippen LogP contribution in [0.4, 0.5) is 5.69 Å². The molecule has 28 heavy (non-hydrogen) atoms. The van der Waals surface area contributed by atoms with E-state index in [4.69, 9.17) is 14.2 Å². The maximum Gasteiger partial charge on any atom is 0.265 e. The van der Waals surface area contributed by atoms with E-state index in [1.165, 1.54) is 0 Å². The second-order valence-corrected chi connectivity index (χ2v) is 6.07. The number of amides is 1. The maximum absolute atomic E-state index is 12.4. The Kier molecular flexibility index (Phi) is 6.46. The van der Waals surface area contributed by atoms with Gasteiger partial charge in [0.15, 0.2) is 17.6 Å². The van der Waals surface area contributed by atoms with Crippen LogP contribution in [0, 0.1) is 0 Å². The van der Waals surface area contributed by atoms with Crippen LogP contribution in [0.5, 0.6) is 17.2 Å². The van der Waals surface area contributed by atoms with Gasteiger partial charge in [0.25, 0.3) is 5.91 Å². The van der Waals surface area contributed by atoms with Crippen molar-refractivity contribution < 1.29 is 19.0 Å². The van der Waals surface area contributed by atoms with Gasteiger partial charge in [0.05, 0.1) is 7.11 Å². The highest BCUT2D eigenvalue weighted by atomic mass is 16.5. The summed E-state index contributed by atoms with van der Waals surface area (Å²) in [5.41, 5.74) is 1.58. The number of aromatic nitrogens is 1. The third kappa shape index (κ3) is 5.23. The molecule has 6 heteroatoms. The second kappa shape index (κ2) is 9.41. The lowest BCUT2D eigenvalue weighted by Crippen LogP contribution is -2.30. The molecular formula is C22H22N2O4. The zero-order chi connectivity index (χ0) is 19.8. The molecule has 3 aromatic rings. The number of pyridine rings is 1. The third-order valence-corrected chi connectivity index (χ3v) is 4.00. The van der Waals surface area contributed by atoms with Crippen LogP contribution in [0.3, 0.4) is 0 Å². The molecule has 1 unspecified atom stereocenters. The summed E-state index contributed by atoms with van der Waals surface area (Å²) in [5, 5.41) is 2.84. The Labute approximate surface area is 164 Å². The fraction of sp³-hybridized carbons (Fsp3) is 0.182. The minimum atomic E-state index is -0.648.